The Balaban J connectivity index is 2.17. The van der Waals surface area contributed by atoms with Crippen LogP contribution in [0.15, 0.2) is 58.4 Å². The molecule has 0 aliphatic carbocycles. The van der Waals surface area contributed by atoms with Crippen molar-refractivity contribution in [1.82, 2.24) is 19.7 Å². The number of pyridine rings is 1. The van der Waals surface area contributed by atoms with Gasteiger partial charge in [0.25, 0.3) is 0 Å². The Morgan fingerprint density at radius 2 is 1.79 bits per heavy atom. The maximum atomic E-state index is 13.6. The predicted molar refractivity (Wildman–Crippen MR) is 150 cm³/mol. The zero-order valence-electron chi connectivity index (χ0n) is 22.6. The first-order chi connectivity index (χ1) is 18.0. The van der Waals surface area contributed by atoms with Crippen molar-refractivity contribution in [1.29, 1.82) is 0 Å². The standard InChI is InChI=1S/C26H33N7O4S/c1-16(2)13-29-24(27-6)18(4)19(5)38(34,35)32-26-31-30-25(20-12-17(3)14-28-15-20)33(26)23-21(36-7)10-9-11-22(23)37-8/h9-15,18-19H,6H2,1-5,7-8H3,(H,31,32)/t18-,19-/m0/s1. The average molecular weight is 540 g/mol. The molecule has 38 heavy (non-hydrogen) atoms. The van der Waals surface area contributed by atoms with Crippen molar-refractivity contribution in [3.63, 3.8) is 0 Å². The number of methoxy groups -OCH3 is 2. The number of aryl methyl sites for hydroxylation is 1. The molecule has 0 amide bonds. The lowest BCUT2D eigenvalue weighted by Gasteiger charge is -2.21. The van der Waals surface area contributed by atoms with Crippen LogP contribution in [0.25, 0.3) is 17.1 Å². The van der Waals surface area contributed by atoms with Gasteiger partial charge in [0, 0.05) is 30.1 Å². The summed E-state index contributed by atoms with van der Waals surface area (Å²) in [7, 11) is -0.986. The summed E-state index contributed by atoms with van der Waals surface area (Å²) < 4.78 is 42.5. The molecule has 11 nitrogen and oxygen atoms in total. The van der Waals surface area contributed by atoms with Gasteiger partial charge in [-0.1, -0.05) is 18.6 Å². The minimum absolute atomic E-state index is 0.0438. The van der Waals surface area contributed by atoms with E-state index in [1.807, 2.05) is 26.8 Å². The molecule has 1 aromatic carbocycles. The van der Waals surface area contributed by atoms with Crippen LogP contribution in [-0.4, -0.2) is 60.2 Å². The summed E-state index contributed by atoms with van der Waals surface area (Å²) >= 11 is 0. The molecule has 202 valence electrons. The van der Waals surface area contributed by atoms with Crippen LogP contribution in [-0.2, 0) is 10.0 Å². The van der Waals surface area contributed by atoms with Gasteiger partial charge in [0.05, 0.1) is 19.5 Å². The number of para-hydroxylation sites is 1. The second-order valence-corrected chi connectivity index (χ2v) is 11.0. The molecule has 2 atom stereocenters. The first-order valence-corrected chi connectivity index (χ1v) is 13.4. The van der Waals surface area contributed by atoms with E-state index in [9.17, 15) is 8.42 Å². The second-order valence-electron chi connectivity index (χ2n) is 8.94. The van der Waals surface area contributed by atoms with Crippen molar-refractivity contribution in [2.75, 3.05) is 18.9 Å². The number of anilines is 1. The maximum Gasteiger partial charge on any atom is 0.243 e. The number of aliphatic imine (C=N–C) groups is 2. The van der Waals surface area contributed by atoms with Gasteiger partial charge >= 0.3 is 0 Å². The first kappa shape index (κ1) is 28.5. The Bertz CT molecular complexity index is 1450. The number of ether oxygens (including phenoxy) is 2. The minimum atomic E-state index is -4.01. The lowest BCUT2D eigenvalue weighted by atomic mass is 10.1. The fourth-order valence-corrected chi connectivity index (χ4v) is 4.91. The Morgan fingerprint density at radius 3 is 2.34 bits per heavy atom. The molecule has 0 unspecified atom stereocenters. The number of rotatable bonds is 10. The van der Waals surface area contributed by atoms with Crippen LogP contribution >= 0.6 is 0 Å². The zero-order chi connectivity index (χ0) is 28.0. The Hall–Kier alpha value is -4.06. The van der Waals surface area contributed by atoms with E-state index in [0.717, 1.165) is 11.1 Å². The first-order valence-electron chi connectivity index (χ1n) is 11.8. The number of nitrogens with zero attached hydrogens (tertiary/aromatic N) is 6. The Kier molecular flexibility index (Phi) is 9.00. The highest BCUT2D eigenvalue weighted by Crippen LogP contribution is 2.38. The highest BCUT2D eigenvalue weighted by Gasteiger charge is 2.32. The van der Waals surface area contributed by atoms with E-state index in [2.05, 4.69) is 36.6 Å². The van der Waals surface area contributed by atoms with Crippen LogP contribution in [0.3, 0.4) is 0 Å². The Morgan fingerprint density at radius 1 is 1.13 bits per heavy atom. The predicted octanol–water partition coefficient (Wildman–Crippen LogP) is 4.44. The van der Waals surface area contributed by atoms with Crippen molar-refractivity contribution in [2.45, 2.75) is 39.9 Å². The largest absolute Gasteiger partial charge is 0.494 e. The third-order valence-corrected chi connectivity index (χ3v) is 7.73. The number of allylic oxidation sites excluding steroid dienone is 1. The van der Waals surface area contributed by atoms with Crippen molar-refractivity contribution in [3.05, 3.63) is 54.0 Å². The SMILES string of the molecule is C=NC(=NC=C(C)C)[C@@H](C)[C@H](C)S(=O)(=O)Nc1nnc(-c2cncc(C)c2)n1-c1c(OC)cccc1OC. The number of benzene rings is 1. The summed E-state index contributed by atoms with van der Waals surface area (Å²) in [4.78, 5) is 12.5. The van der Waals surface area contributed by atoms with E-state index in [0.29, 0.717) is 34.4 Å². The monoisotopic (exact) mass is 539 g/mol. The molecule has 0 aliphatic rings. The molecular formula is C26H33N7O4S. The molecule has 0 fully saturated rings. The summed E-state index contributed by atoms with van der Waals surface area (Å²) in [6.45, 7) is 12.5. The minimum Gasteiger partial charge on any atom is -0.494 e. The highest BCUT2D eigenvalue weighted by atomic mass is 32.2. The van der Waals surface area contributed by atoms with Gasteiger partial charge in [-0.25, -0.2) is 18.4 Å². The van der Waals surface area contributed by atoms with Gasteiger partial charge in [-0.15, -0.1) is 10.2 Å². The molecule has 1 N–H and O–H groups in total. The summed E-state index contributed by atoms with van der Waals surface area (Å²) in [6, 6.07) is 7.12. The molecule has 0 aliphatic heterocycles. The fraction of sp³-hybridized carbons (Fsp3) is 0.346. The van der Waals surface area contributed by atoms with Crippen LogP contribution in [0, 0.1) is 12.8 Å². The van der Waals surface area contributed by atoms with E-state index in [1.165, 1.54) is 14.2 Å². The van der Waals surface area contributed by atoms with Crippen molar-refractivity contribution >= 4 is 28.5 Å². The van der Waals surface area contributed by atoms with E-state index < -0.39 is 21.2 Å². The van der Waals surface area contributed by atoms with Gasteiger partial charge in [-0.05, 0) is 58.2 Å². The molecule has 3 aromatic rings. The van der Waals surface area contributed by atoms with Crippen molar-refractivity contribution in [3.8, 4) is 28.6 Å². The number of aromatic nitrogens is 4. The van der Waals surface area contributed by atoms with Gasteiger partial charge in [0.15, 0.2) is 5.82 Å². The van der Waals surface area contributed by atoms with Gasteiger partial charge in [0.1, 0.15) is 23.0 Å². The molecule has 2 aromatic heterocycles. The van der Waals surface area contributed by atoms with Crippen LogP contribution in [0.1, 0.15) is 33.3 Å². The van der Waals surface area contributed by atoms with Crippen LogP contribution in [0.2, 0.25) is 0 Å². The topological polar surface area (TPSA) is 133 Å². The van der Waals surface area contributed by atoms with Gasteiger partial charge < -0.3 is 9.47 Å². The van der Waals surface area contributed by atoms with E-state index in [1.54, 1.807) is 55.2 Å². The lowest BCUT2D eigenvalue weighted by molar-refractivity contribution is 0.391. The van der Waals surface area contributed by atoms with Gasteiger partial charge in [-0.3, -0.25) is 14.3 Å². The molecular weight excluding hydrogens is 506 g/mol. The second kappa shape index (κ2) is 12.0. The normalized spacial score (nSPS) is 13.4. The quantitative estimate of drug-likeness (QED) is 0.297. The van der Waals surface area contributed by atoms with Crippen LogP contribution in [0.5, 0.6) is 11.5 Å². The molecule has 0 bridgehead atoms. The van der Waals surface area contributed by atoms with E-state index in [-0.39, 0.29) is 5.95 Å². The maximum absolute atomic E-state index is 13.6. The molecule has 2 heterocycles. The third-order valence-electron chi connectivity index (χ3n) is 5.87. The van der Waals surface area contributed by atoms with Gasteiger partial charge in [0.2, 0.25) is 16.0 Å². The molecule has 0 saturated carbocycles. The number of hydrogen-bond donors (Lipinski definition) is 1. The molecule has 0 spiro atoms. The average Bonchev–Trinajstić information content (AvgIpc) is 3.29. The van der Waals surface area contributed by atoms with Crippen LogP contribution in [0.4, 0.5) is 5.95 Å². The Labute approximate surface area is 223 Å². The van der Waals surface area contributed by atoms with Crippen molar-refractivity contribution < 1.29 is 17.9 Å². The lowest BCUT2D eigenvalue weighted by Crippen LogP contribution is -2.35. The molecule has 3 rings (SSSR count). The summed E-state index contributed by atoms with van der Waals surface area (Å²) in [5.74, 6) is 0.903. The van der Waals surface area contributed by atoms with E-state index >= 15 is 0 Å². The van der Waals surface area contributed by atoms with E-state index in [4.69, 9.17) is 9.47 Å². The summed E-state index contributed by atoms with van der Waals surface area (Å²) in [5.41, 5.74) is 2.90. The summed E-state index contributed by atoms with van der Waals surface area (Å²) in [5, 5.41) is 7.59. The number of sulfonamides is 1. The third kappa shape index (κ3) is 6.08. The highest BCUT2D eigenvalue weighted by molar-refractivity contribution is 7.93. The zero-order valence-corrected chi connectivity index (χ0v) is 23.4. The molecule has 0 saturated heterocycles. The fourth-order valence-electron chi connectivity index (χ4n) is 3.67. The smallest absolute Gasteiger partial charge is 0.243 e. The number of hydrogen-bond acceptors (Lipinski definition) is 8. The van der Waals surface area contributed by atoms with Gasteiger partial charge in [-0.2, -0.15) is 0 Å². The molecule has 0 radical (unpaired) electrons. The summed E-state index contributed by atoms with van der Waals surface area (Å²) in [6.07, 6.45) is 4.96. The number of amidine groups is 1. The number of nitrogens with one attached hydrogen (secondary N) is 1. The van der Waals surface area contributed by atoms with Crippen molar-refractivity contribution in [2.24, 2.45) is 15.9 Å². The molecule has 12 heteroatoms. The van der Waals surface area contributed by atoms with Crippen LogP contribution < -0.4 is 14.2 Å².